The highest BCUT2D eigenvalue weighted by molar-refractivity contribution is 5.82. The predicted molar refractivity (Wildman–Crippen MR) is 149 cm³/mol. The summed E-state index contributed by atoms with van der Waals surface area (Å²) in [6, 6.07) is 8.57. The maximum absolute atomic E-state index is 14.0. The molecule has 11 heteroatoms. The second-order valence-corrected chi connectivity index (χ2v) is 11.3. The lowest BCUT2D eigenvalue weighted by atomic mass is 9.92. The van der Waals surface area contributed by atoms with Gasteiger partial charge in [-0.25, -0.2) is 4.39 Å². The van der Waals surface area contributed by atoms with Crippen LogP contribution < -0.4 is 20.3 Å². The van der Waals surface area contributed by atoms with E-state index in [1.807, 2.05) is 5.32 Å². The van der Waals surface area contributed by atoms with Crippen LogP contribution in [-0.2, 0) is 17.4 Å². The second-order valence-electron chi connectivity index (χ2n) is 11.3. The topological polar surface area (TPSA) is 89.8 Å². The van der Waals surface area contributed by atoms with Gasteiger partial charge in [-0.15, -0.1) is 0 Å². The normalized spacial score (nSPS) is 17.6. The molecule has 0 spiro atoms. The van der Waals surface area contributed by atoms with Gasteiger partial charge in [-0.1, -0.05) is 6.07 Å². The Labute approximate surface area is 241 Å². The number of amides is 1. The van der Waals surface area contributed by atoms with Gasteiger partial charge in [0.05, 0.1) is 11.7 Å². The van der Waals surface area contributed by atoms with E-state index in [1.165, 1.54) is 22.8 Å². The van der Waals surface area contributed by atoms with Crippen molar-refractivity contribution in [1.82, 2.24) is 9.88 Å². The van der Waals surface area contributed by atoms with E-state index in [2.05, 4.69) is 0 Å². The van der Waals surface area contributed by atoms with Crippen LogP contribution in [0.3, 0.4) is 0 Å². The number of alkyl halides is 3. The van der Waals surface area contributed by atoms with Crippen LogP contribution in [0.2, 0.25) is 0 Å². The van der Waals surface area contributed by atoms with Crippen LogP contribution in [0.1, 0.15) is 56.2 Å². The number of carbonyl (C=O) groups is 1. The molecule has 3 aromatic rings. The van der Waals surface area contributed by atoms with Crippen molar-refractivity contribution >= 4 is 5.91 Å². The van der Waals surface area contributed by atoms with Gasteiger partial charge >= 0.3 is 12.1 Å². The van der Waals surface area contributed by atoms with E-state index in [4.69, 9.17) is 9.47 Å². The Kier molecular flexibility index (Phi) is 8.73. The lowest BCUT2D eigenvalue weighted by Crippen LogP contribution is -2.45. The van der Waals surface area contributed by atoms with Crippen molar-refractivity contribution in [2.75, 3.05) is 0 Å². The summed E-state index contributed by atoms with van der Waals surface area (Å²) in [6.45, 7) is 6.72. The fraction of sp³-hybridized carbons (Fsp3) is 0.419. The Morgan fingerprint density at radius 3 is 2.17 bits per heavy atom. The first-order valence-corrected chi connectivity index (χ1v) is 13.6. The largest absolute Gasteiger partial charge is 0.490 e. The summed E-state index contributed by atoms with van der Waals surface area (Å²) in [5, 5.41) is 12.8. The molecule has 1 fully saturated rings. The van der Waals surface area contributed by atoms with Crippen molar-refractivity contribution in [2.24, 2.45) is 7.05 Å². The van der Waals surface area contributed by atoms with Crippen molar-refractivity contribution in [2.45, 2.75) is 77.3 Å². The average Bonchev–Trinajstić information content (AvgIpc) is 2.88. The van der Waals surface area contributed by atoms with Gasteiger partial charge < -0.3 is 24.5 Å². The zero-order valence-electron chi connectivity index (χ0n) is 24.1. The van der Waals surface area contributed by atoms with E-state index in [1.54, 1.807) is 59.1 Å². The van der Waals surface area contributed by atoms with Crippen molar-refractivity contribution in [1.29, 1.82) is 0 Å². The van der Waals surface area contributed by atoms with Gasteiger partial charge in [0.15, 0.2) is 0 Å². The lowest BCUT2D eigenvalue weighted by Gasteiger charge is -2.30. The van der Waals surface area contributed by atoms with Gasteiger partial charge in [0.2, 0.25) is 0 Å². The van der Waals surface area contributed by atoms with Crippen molar-refractivity contribution in [3.8, 4) is 28.4 Å². The van der Waals surface area contributed by atoms with E-state index >= 15 is 0 Å². The van der Waals surface area contributed by atoms with E-state index in [-0.39, 0.29) is 24.2 Å². The van der Waals surface area contributed by atoms with E-state index in [0.717, 1.165) is 0 Å². The van der Waals surface area contributed by atoms with Gasteiger partial charge in [0, 0.05) is 36.5 Å². The summed E-state index contributed by atoms with van der Waals surface area (Å²) in [6.07, 6.45) is -2.51. The Morgan fingerprint density at radius 2 is 1.60 bits per heavy atom. The number of carbonyl (C=O) groups excluding carboxylic acids is 1. The van der Waals surface area contributed by atoms with Gasteiger partial charge in [-0.3, -0.25) is 9.59 Å². The molecule has 1 amide bonds. The molecule has 7 nitrogen and oxygen atoms in total. The summed E-state index contributed by atoms with van der Waals surface area (Å²) < 4.78 is 65.9. The summed E-state index contributed by atoms with van der Waals surface area (Å²) in [5.41, 5.74) is 1.17. The number of halogens is 4. The Bertz CT molecular complexity index is 1510. The molecule has 1 aromatic heterocycles. The molecule has 1 heterocycles. The van der Waals surface area contributed by atoms with E-state index in [9.17, 15) is 32.3 Å². The molecule has 2 aromatic carbocycles. The van der Waals surface area contributed by atoms with E-state index in [0.29, 0.717) is 52.2 Å². The molecule has 1 saturated carbocycles. The molecule has 0 bridgehead atoms. The molecule has 42 heavy (non-hydrogen) atoms. The number of rotatable bonds is 7. The molecule has 0 atom stereocenters. The smallest absolute Gasteiger partial charge is 0.471 e. The van der Waals surface area contributed by atoms with Crippen molar-refractivity contribution in [3.05, 3.63) is 75.5 Å². The third kappa shape index (κ3) is 7.13. The van der Waals surface area contributed by atoms with Crippen LogP contribution in [0.15, 0.2) is 47.4 Å². The summed E-state index contributed by atoms with van der Waals surface area (Å²) in [4.78, 5) is 24.0. The Hall–Kier alpha value is -3.86. The number of benzene rings is 2. The van der Waals surface area contributed by atoms with Crippen LogP contribution >= 0.6 is 0 Å². The molecule has 0 unspecified atom stereocenters. The van der Waals surface area contributed by atoms with Gasteiger partial charge in [0.25, 0.3) is 5.56 Å². The number of aryl methyl sites for hydroxylation is 3. The number of aliphatic hydroxyl groups is 1. The van der Waals surface area contributed by atoms with E-state index < -0.39 is 35.6 Å². The van der Waals surface area contributed by atoms with Gasteiger partial charge in [-0.2, -0.15) is 13.2 Å². The highest BCUT2D eigenvalue weighted by Gasteiger charge is 2.40. The minimum absolute atomic E-state index is 0.242. The fourth-order valence-electron chi connectivity index (χ4n) is 5.06. The Morgan fingerprint density at radius 1 is 0.976 bits per heavy atom. The third-order valence-corrected chi connectivity index (χ3v) is 7.36. The highest BCUT2D eigenvalue weighted by Crippen LogP contribution is 2.42. The lowest BCUT2D eigenvalue weighted by molar-refractivity contribution is -0.174. The summed E-state index contributed by atoms with van der Waals surface area (Å²) >= 11 is 0. The number of hydrogen-bond acceptors (Lipinski definition) is 5. The molecule has 2 N–H and O–H groups in total. The van der Waals surface area contributed by atoms with Gasteiger partial charge in [-0.05, 0) is 94.3 Å². The highest BCUT2D eigenvalue weighted by atomic mass is 19.4. The molecular weight excluding hydrogens is 556 g/mol. The van der Waals surface area contributed by atoms with Crippen LogP contribution in [0.5, 0.6) is 17.2 Å². The number of hydrogen-bond donors (Lipinski definition) is 2. The quantitative estimate of drug-likeness (QED) is 0.320. The number of aromatic nitrogens is 1. The monoisotopic (exact) mass is 590 g/mol. The van der Waals surface area contributed by atoms with Crippen LogP contribution in [0, 0.1) is 19.7 Å². The van der Waals surface area contributed by atoms with Gasteiger partial charge in [0.1, 0.15) is 23.1 Å². The average molecular weight is 591 g/mol. The van der Waals surface area contributed by atoms with Crippen LogP contribution in [0.4, 0.5) is 17.6 Å². The standard InChI is InChI=1S/C31H34F4N2O5/c1-17-12-20(32)13-18(2)28(17)42-25-11-6-19(30(3,4)40)14-23(25)24-16-37(5)27(38)15-26(24)41-22-9-7-21(8-10-22)36-29(39)31(33,34)35/h6,11-16,21-22,40H,7-10H2,1-5H3,(H,36,39). The zero-order valence-corrected chi connectivity index (χ0v) is 24.1. The predicted octanol–water partition coefficient (Wildman–Crippen LogP) is 6.20. The maximum atomic E-state index is 14.0. The molecule has 0 aliphatic heterocycles. The van der Waals surface area contributed by atoms with Crippen LogP contribution in [-0.4, -0.2) is 33.9 Å². The van der Waals surface area contributed by atoms with Crippen molar-refractivity contribution in [3.63, 3.8) is 0 Å². The maximum Gasteiger partial charge on any atom is 0.471 e. The minimum Gasteiger partial charge on any atom is -0.490 e. The zero-order chi connectivity index (χ0) is 31.0. The SMILES string of the molecule is Cc1cc(F)cc(C)c1Oc1ccc(C(C)(C)O)cc1-c1cn(C)c(=O)cc1OC1CCC(NC(=O)C(F)(F)F)CC1. The fourth-order valence-corrected chi connectivity index (χ4v) is 5.06. The number of nitrogens with one attached hydrogen (secondary N) is 1. The molecular formula is C31H34F4N2O5. The number of nitrogens with zero attached hydrogens (tertiary/aromatic N) is 1. The molecule has 1 aliphatic carbocycles. The summed E-state index contributed by atoms with van der Waals surface area (Å²) in [5.74, 6) is -1.28. The molecule has 0 saturated heterocycles. The molecule has 4 rings (SSSR count). The van der Waals surface area contributed by atoms with Crippen molar-refractivity contribution < 1.29 is 36.9 Å². The minimum atomic E-state index is -4.95. The summed E-state index contributed by atoms with van der Waals surface area (Å²) in [7, 11) is 1.58. The Balaban J connectivity index is 1.70. The van der Waals surface area contributed by atoms with Crippen LogP contribution in [0.25, 0.3) is 11.1 Å². The molecule has 0 radical (unpaired) electrons. The first kappa shape index (κ1) is 31.1. The second kappa shape index (κ2) is 11.8. The number of pyridine rings is 1. The first-order chi connectivity index (χ1) is 19.5. The third-order valence-electron chi connectivity index (χ3n) is 7.36. The first-order valence-electron chi connectivity index (χ1n) is 13.6. The number of ether oxygens (including phenoxy) is 2. The molecule has 226 valence electrons. The molecule has 1 aliphatic rings.